The van der Waals surface area contributed by atoms with E-state index in [1.54, 1.807) is 81.7 Å². The Morgan fingerprint density at radius 2 is 1.62 bits per heavy atom. The van der Waals surface area contributed by atoms with Crippen LogP contribution in [0, 0.1) is 6.92 Å². The molecule has 0 atom stereocenters. The number of carbonyl (C=O) groups is 2. The van der Waals surface area contributed by atoms with E-state index in [-0.39, 0.29) is 21.2 Å². The number of benzene rings is 3. The molecule has 0 radical (unpaired) electrons. The van der Waals surface area contributed by atoms with Gasteiger partial charge < -0.3 is 9.64 Å². The zero-order valence-electron chi connectivity index (χ0n) is 21.3. The van der Waals surface area contributed by atoms with Crippen molar-refractivity contribution in [1.29, 1.82) is 0 Å². The highest BCUT2D eigenvalue weighted by molar-refractivity contribution is 7.92. The third-order valence-corrected chi connectivity index (χ3v) is 7.60. The molecule has 0 aliphatic carbocycles. The van der Waals surface area contributed by atoms with Crippen molar-refractivity contribution in [2.45, 2.75) is 11.8 Å². The molecule has 1 heterocycles. The summed E-state index contributed by atoms with van der Waals surface area (Å²) in [4.78, 5) is 39.3. The average molecular weight is 569 g/mol. The van der Waals surface area contributed by atoms with Gasteiger partial charge in [-0.25, -0.2) is 17.9 Å². The molecule has 39 heavy (non-hydrogen) atoms. The second kappa shape index (κ2) is 11.2. The zero-order valence-corrected chi connectivity index (χ0v) is 22.9. The smallest absolute Gasteiger partial charge is 0.338 e. The van der Waals surface area contributed by atoms with Gasteiger partial charge in [0, 0.05) is 24.8 Å². The molecule has 0 bridgehead atoms. The molecule has 3 aromatic carbocycles. The molecule has 202 valence electrons. The Morgan fingerprint density at radius 1 is 1.00 bits per heavy atom. The summed E-state index contributed by atoms with van der Waals surface area (Å²) in [5, 5.41) is -0.0518. The van der Waals surface area contributed by atoms with Crippen LogP contribution in [0.1, 0.15) is 16.1 Å². The molecule has 0 unspecified atom stereocenters. The van der Waals surface area contributed by atoms with E-state index in [4.69, 9.17) is 16.3 Å². The second-order valence-electron chi connectivity index (χ2n) is 8.58. The van der Waals surface area contributed by atoms with Crippen molar-refractivity contribution in [3.8, 4) is 5.69 Å². The second-order valence-corrected chi connectivity index (χ2v) is 10.7. The molecule has 0 fully saturated rings. The Bertz CT molecular complexity index is 1700. The number of esters is 1. The maximum Gasteiger partial charge on any atom is 0.338 e. The van der Waals surface area contributed by atoms with Gasteiger partial charge in [-0.15, -0.1) is 0 Å². The fourth-order valence-electron chi connectivity index (χ4n) is 3.82. The van der Waals surface area contributed by atoms with Crippen molar-refractivity contribution in [1.82, 2.24) is 9.36 Å². The molecule has 1 amide bonds. The van der Waals surface area contributed by atoms with Crippen LogP contribution in [0.2, 0.25) is 5.02 Å². The van der Waals surface area contributed by atoms with Gasteiger partial charge in [0.05, 0.1) is 21.8 Å². The fourth-order valence-corrected chi connectivity index (χ4v) is 5.30. The van der Waals surface area contributed by atoms with E-state index in [2.05, 4.69) is 4.72 Å². The van der Waals surface area contributed by atoms with Gasteiger partial charge in [0.15, 0.2) is 6.61 Å². The number of anilines is 2. The Labute approximate surface area is 230 Å². The third kappa shape index (κ3) is 5.89. The zero-order chi connectivity index (χ0) is 28.3. The van der Waals surface area contributed by atoms with Crippen LogP contribution in [-0.2, 0) is 26.6 Å². The van der Waals surface area contributed by atoms with E-state index in [9.17, 15) is 22.8 Å². The first-order valence-corrected chi connectivity index (χ1v) is 13.5. The average Bonchev–Trinajstić information content (AvgIpc) is 3.14. The summed E-state index contributed by atoms with van der Waals surface area (Å²) in [6, 6.07) is 21.0. The summed E-state index contributed by atoms with van der Waals surface area (Å²) in [5.74, 6) is -1.42. The van der Waals surface area contributed by atoms with E-state index < -0.39 is 34.1 Å². The van der Waals surface area contributed by atoms with Crippen LogP contribution in [0.5, 0.6) is 0 Å². The first-order chi connectivity index (χ1) is 18.5. The van der Waals surface area contributed by atoms with Gasteiger partial charge in [-0.05, 0) is 49.4 Å². The topological polar surface area (TPSA) is 120 Å². The van der Waals surface area contributed by atoms with Crippen molar-refractivity contribution in [3.05, 3.63) is 105 Å². The summed E-state index contributed by atoms with van der Waals surface area (Å²) >= 11 is 6.12. The standard InChI is InChI=1S/C27H25ClN4O6S/c1-18-25(26(34)32(31(18)3)22-12-8-5-9-13-22)29-39(36,37)23-15-19(14-20(28)16-23)27(35)38-17-24(33)30(2)21-10-6-4-7-11-21/h4-16,29H,17H2,1-3H3. The lowest BCUT2D eigenvalue weighted by molar-refractivity contribution is -0.121. The first kappa shape index (κ1) is 27.7. The summed E-state index contributed by atoms with van der Waals surface area (Å²) < 4.78 is 36.8. The number of aromatic nitrogens is 2. The van der Waals surface area contributed by atoms with Crippen LogP contribution in [0.4, 0.5) is 11.4 Å². The number of para-hydroxylation sites is 2. The van der Waals surface area contributed by atoms with Gasteiger partial charge >= 0.3 is 5.97 Å². The number of sulfonamides is 1. The fraction of sp³-hybridized carbons (Fsp3) is 0.148. The van der Waals surface area contributed by atoms with Gasteiger partial charge in [-0.1, -0.05) is 48.0 Å². The molecule has 1 aromatic heterocycles. The number of halogens is 1. The number of ether oxygens (including phenoxy) is 1. The van der Waals surface area contributed by atoms with Crippen molar-refractivity contribution in [3.63, 3.8) is 0 Å². The monoisotopic (exact) mass is 568 g/mol. The number of carbonyl (C=O) groups excluding carboxylic acids is 2. The normalized spacial score (nSPS) is 11.2. The van der Waals surface area contributed by atoms with Gasteiger partial charge in [-0.3, -0.25) is 19.0 Å². The van der Waals surface area contributed by atoms with E-state index in [0.717, 1.165) is 12.1 Å². The Balaban J connectivity index is 1.55. The van der Waals surface area contributed by atoms with Crippen molar-refractivity contribution in [2.75, 3.05) is 23.3 Å². The van der Waals surface area contributed by atoms with Gasteiger partial charge in [0.25, 0.3) is 21.5 Å². The third-order valence-electron chi connectivity index (χ3n) is 6.05. The summed E-state index contributed by atoms with van der Waals surface area (Å²) in [6.45, 7) is 1.03. The quantitative estimate of drug-likeness (QED) is 0.323. The summed E-state index contributed by atoms with van der Waals surface area (Å²) in [7, 11) is -1.18. The maximum absolute atomic E-state index is 13.3. The lowest BCUT2D eigenvalue weighted by Gasteiger charge is -2.17. The van der Waals surface area contributed by atoms with Crippen molar-refractivity contribution >= 4 is 44.9 Å². The van der Waals surface area contributed by atoms with Gasteiger partial charge in [0.1, 0.15) is 5.69 Å². The van der Waals surface area contributed by atoms with Crippen LogP contribution in [-0.4, -0.2) is 43.3 Å². The highest BCUT2D eigenvalue weighted by Gasteiger charge is 2.24. The number of likely N-dealkylation sites (N-methyl/N-ethyl adjacent to an activating group) is 1. The maximum atomic E-state index is 13.3. The Kier molecular flexibility index (Phi) is 7.93. The molecule has 4 aromatic rings. The molecular weight excluding hydrogens is 544 g/mol. The Hall–Kier alpha value is -4.35. The van der Waals surface area contributed by atoms with Crippen LogP contribution in [0.3, 0.4) is 0 Å². The molecule has 0 aliphatic rings. The summed E-state index contributed by atoms with van der Waals surface area (Å²) in [5.41, 5.74) is 0.634. The predicted octanol–water partition coefficient (Wildman–Crippen LogP) is 3.76. The van der Waals surface area contributed by atoms with Crippen molar-refractivity contribution < 1.29 is 22.7 Å². The number of rotatable bonds is 8. The van der Waals surface area contributed by atoms with E-state index in [1.807, 2.05) is 0 Å². The van der Waals surface area contributed by atoms with E-state index in [0.29, 0.717) is 17.1 Å². The van der Waals surface area contributed by atoms with Gasteiger partial charge in [0.2, 0.25) is 0 Å². The van der Waals surface area contributed by atoms with Crippen LogP contribution >= 0.6 is 11.6 Å². The van der Waals surface area contributed by atoms with E-state index in [1.165, 1.54) is 20.3 Å². The largest absolute Gasteiger partial charge is 0.452 e. The Morgan fingerprint density at radius 3 is 2.26 bits per heavy atom. The lowest BCUT2D eigenvalue weighted by Crippen LogP contribution is -2.31. The predicted molar refractivity (Wildman–Crippen MR) is 148 cm³/mol. The SMILES string of the molecule is Cc1c(NS(=O)(=O)c2cc(Cl)cc(C(=O)OCC(=O)N(C)c3ccccc3)c2)c(=O)n(-c2ccccc2)n1C. The molecule has 4 rings (SSSR count). The number of nitrogens with zero attached hydrogens (tertiary/aromatic N) is 3. The number of nitrogens with one attached hydrogen (secondary N) is 1. The molecule has 10 nitrogen and oxygen atoms in total. The molecule has 12 heteroatoms. The van der Waals surface area contributed by atoms with Crippen molar-refractivity contribution in [2.24, 2.45) is 7.05 Å². The lowest BCUT2D eigenvalue weighted by atomic mass is 10.2. The molecule has 0 saturated carbocycles. The number of amides is 1. The molecule has 0 spiro atoms. The van der Waals surface area contributed by atoms with Crippen LogP contribution in [0.15, 0.2) is 88.6 Å². The minimum Gasteiger partial charge on any atom is -0.452 e. The highest BCUT2D eigenvalue weighted by Crippen LogP contribution is 2.23. The van der Waals surface area contributed by atoms with Crippen LogP contribution < -0.4 is 15.2 Å². The molecular formula is C27H25ClN4O6S. The minimum atomic E-state index is -4.35. The molecule has 1 N–H and O–H groups in total. The van der Waals surface area contributed by atoms with Gasteiger partial charge in [-0.2, -0.15) is 0 Å². The first-order valence-electron chi connectivity index (χ1n) is 11.7. The molecule has 0 saturated heterocycles. The minimum absolute atomic E-state index is 0.0518. The molecule has 0 aliphatic heterocycles. The number of hydrogen-bond acceptors (Lipinski definition) is 6. The summed E-state index contributed by atoms with van der Waals surface area (Å²) in [6.07, 6.45) is 0. The highest BCUT2D eigenvalue weighted by atomic mass is 35.5. The number of hydrogen-bond donors (Lipinski definition) is 1. The van der Waals surface area contributed by atoms with Crippen LogP contribution in [0.25, 0.3) is 5.69 Å². The van der Waals surface area contributed by atoms with E-state index >= 15 is 0 Å².